The number of nitrogens with one attached hydrogen (secondary N) is 1. The molecule has 6 nitrogen and oxygen atoms in total. The van der Waals surface area contributed by atoms with E-state index in [1.807, 2.05) is 0 Å². The van der Waals surface area contributed by atoms with Gasteiger partial charge in [0.25, 0.3) is 5.56 Å². The van der Waals surface area contributed by atoms with E-state index in [9.17, 15) is 14.0 Å². The van der Waals surface area contributed by atoms with Crippen LogP contribution in [0.1, 0.15) is 0 Å². The fraction of sp³-hybridized carbons (Fsp3) is 0.105. The first-order chi connectivity index (χ1) is 12.5. The second kappa shape index (κ2) is 7.60. The standard InChI is InChI=1S/C19H16FN3O3/c1-26-16-4-2-3-15(9-16)22-18(24)11-23-12-21-17(10-19(23)25)13-5-7-14(20)8-6-13/h2-10,12H,11H2,1H3,(H,22,24). The lowest BCUT2D eigenvalue weighted by atomic mass is 10.1. The molecule has 2 aromatic carbocycles. The molecule has 1 N–H and O–H groups in total. The Hall–Kier alpha value is -3.48. The summed E-state index contributed by atoms with van der Waals surface area (Å²) in [5, 5.41) is 2.70. The second-order valence-electron chi connectivity index (χ2n) is 5.53. The largest absolute Gasteiger partial charge is 0.497 e. The van der Waals surface area contributed by atoms with Crippen LogP contribution >= 0.6 is 0 Å². The van der Waals surface area contributed by atoms with Gasteiger partial charge in [-0.1, -0.05) is 6.07 Å². The molecule has 0 saturated heterocycles. The number of ether oxygens (including phenoxy) is 1. The fourth-order valence-corrected chi connectivity index (χ4v) is 2.38. The highest BCUT2D eigenvalue weighted by molar-refractivity contribution is 5.90. The number of hydrogen-bond donors (Lipinski definition) is 1. The lowest BCUT2D eigenvalue weighted by Gasteiger charge is -2.09. The van der Waals surface area contributed by atoms with Gasteiger partial charge in [-0.05, 0) is 36.4 Å². The van der Waals surface area contributed by atoms with Crippen LogP contribution in [0.5, 0.6) is 5.75 Å². The molecular weight excluding hydrogens is 337 g/mol. The van der Waals surface area contributed by atoms with Gasteiger partial charge in [0, 0.05) is 23.4 Å². The Morgan fingerprint density at radius 3 is 2.65 bits per heavy atom. The highest BCUT2D eigenvalue weighted by Crippen LogP contribution is 2.17. The predicted molar refractivity (Wildman–Crippen MR) is 95.5 cm³/mol. The van der Waals surface area contributed by atoms with Crippen LogP contribution in [0, 0.1) is 5.82 Å². The number of amides is 1. The Labute approximate surface area is 148 Å². The maximum absolute atomic E-state index is 13.0. The normalized spacial score (nSPS) is 10.4. The van der Waals surface area contributed by atoms with Crippen LogP contribution in [0.4, 0.5) is 10.1 Å². The molecule has 0 aliphatic heterocycles. The predicted octanol–water partition coefficient (Wildman–Crippen LogP) is 2.70. The van der Waals surface area contributed by atoms with Crippen molar-refractivity contribution in [2.45, 2.75) is 6.54 Å². The molecule has 0 spiro atoms. The van der Waals surface area contributed by atoms with Gasteiger partial charge in [0.05, 0.1) is 19.1 Å². The molecule has 0 fully saturated rings. The van der Waals surface area contributed by atoms with Crippen LogP contribution in [0.25, 0.3) is 11.3 Å². The monoisotopic (exact) mass is 353 g/mol. The summed E-state index contributed by atoms with van der Waals surface area (Å²) in [5.74, 6) is -0.113. The van der Waals surface area contributed by atoms with E-state index in [0.29, 0.717) is 22.7 Å². The molecule has 0 unspecified atom stereocenters. The zero-order valence-corrected chi connectivity index (χ0v) is 14.0. The number of benzene rings is 2. The number of rotatable bonds is 5. The number of halogens is 1. The van der Waals surface area contributed by atoms with E-state index in [1.54, 1.807) is 24.3 Å². The average molecular weight is 353 g/mol. The number of anilines is 1. The Morgan fingerprint density at radius 2 is 1.96 bits per heavy atom. The summed E-state index contributed by atoms with van der Waals surface area (Å²) in [7, 11) is 1.54. The molecule has 0 aliphatic carbocycles. The van der Waals surface area contributed by atoms with E-state index >= 15 is 0 Å². The molecule has 132 valence electrons. The first-order valence-electron chi connectivity index (χ1n) is 7.81. The molecule has 0 saturated carbocycles. The Balaban J connectivity index is 1.72. The van der Waals surface area contributed by atoms with Gasteiger partial charge < -0.3 is 10.1 Å². The van der Waals surface area contributed by atoms with Crippen molar-refractivity contribution in [2.75, 3.05) is 12.4 Å². The molecule has 1 aromatic heterocycles. The molecule has 0 aliphatic rings. The maximum Gasteiger partial charge on any atom is 0.254 e. The summed E-state index contributed by atoms with van der Waals surface area (Å²) in [5.41, 5.74) is 1.23. The van der Waals surface area contributed by atoms with Gasteiger partial charge in [-0.25, -0.2) is 9.37 Å². The molecule has 7 heteroatoms. The number of carbonyl (C=O) groups is 1. The Kier molecular flexibility index (Phi) is 5.07. The van der Waals surface area contributed by atoms with Gasteiger partial charge >= 0.3 is 0 Å². The summed E-state index contributed by atoms with van der Waals surface area (Å²) in [6, 6.07) is 13.9. The Morgan fingerprint density at radius 1 is 1.19 bits per heavy atom. The number of aromatic nitrogens is 2. The van der Waals surface area contributed by atoms with Gasteiger partial charge in [0.2, 0.25) is 5.91 Å². The van der Waals surface area contributed by atoms with Crippen molar-refractivity contribution in [3.8, 4) is 17.0 Å². The van der Waals surface area contributed by atoms with Crippen LogP contribution in [-0.2, 0) is 11.3 Å². The minimum atomic E-state index is -0.375. The molecule has 1 amide bonds. The molecule has 3 rings (SSSR count). The molecule has 3 aromatic rings. The van der Waals surface area contributed by atoms with Crippen molar-refractivity contribution >= 4 is 11.6 Å². The second-order valence-corrected chi connectivity index (χ2v) is 5.53. The smallest absolute Gasteiger partial charge is 0.254 e. The van der Waals surface area contributed by atoms with Crippen LogP contribution in [-0.4, -0.2) is 22.6 Å². The number of hydrogen-bond acceptors (Lipinski definition) is 4. The van der Waals surface area contributed by atoms with Gasteiger partial charge in [0.15, 0.2) is 0 Å². The van der Waals surface area contributed by atoms with Crippen molar-refractivity contribution in [1.29, 1.82) is 0 Å². The Bertz CT molecular complexity index is 984. The highest BCUT2D eigenvalue weighted by atomic mass is 19.1. The van der Waals surface area contributed by atoms with Crippen molar-refractivity contribution in [2.24, 2.45) is 0 Å². The molecule has 26 heavy (non-hydrogen) atoms. The van der Waals surface area contributed by atoms with Crippen LogP contribution in [0.15, 0.2) is 65.7 Å². The third kappa shape index (κ3) is 4.13. The van der Waals surface area contributed by atoms with E-state index < -0.39 is 0 Å². The van der Waals surface area contributed by atoms with Crippen LogP contribution in [0.3, 0.4) is 0 Å². The minimum Gasteiger partial charge on any atom is -0.497 e. The topological polar surface area (TPSA) is 73.2 Å². The van der Waals surface area contributed by atoms with Gasteiger partial charge in [-0.3, -0.25) is 14.2 Å². The number of nitrogens with zero attached hydrogens (tertiary/aromatic N) is 2. The van der Waals surface area contributed by atoms with Crippen molar-refractivity contribution in [3.63, 3.8) is 0 Å². The lowest BCUT2D eigenvalue weighted by molar-refractivity contribution is -0.116. The first kappa shape index (κ1) is 17.3. The van der Waals surface area contributed by atoms with E-state index in [0.717, 1.165) is 0 Å². The number of methoxy groups -OCH3 is 1. The molecular formula is C19H16FN3O3. The summed E-state index contributed by atoms with van der Waals surface area (Å²) in [6.07, 6.45) is 1.30. The van der Waals surface area contributed by atoms with Crippen molar-refractivity contribution in [3.05, 3.63) is 77.1 Å². The van der Waals surface area contributed by atoms with Crippen molar-refractivity contribution < 1.29 is 13.9 Å². The molecule has 0 atom stereocenters. The summed E-state index contributed by atoms with van der Waals surface area (Å²) in [4.78, 5) is 28.5. The minimum absolute atomic E-state index is 0.174. The van der Waals surface area contributed by atoms with E-state index in [2.05, 4.69) is 10.3 Å². The zero-order chi connectivity index (χ0) is 18.5. The SMILES string of the molecule is COc1cccc(NC(=O)Cn2cnc(-c3ccc(F)cc3)cc2=O)c1. The van der Waals surface area contributed by atoms with E-state index in [4.69, 9.17) is 4.74 Å². The van der Waals surface area contributed by atoms with Crippen LogP contribution < -0.4 is 15.6 Å². The quantitative estimate of drug-likeness (QED) is 0.765. The summed E-state index contributed by atoms with van der Waals surface area (Å²) in [6.45, 7) is -0.174. The number of carbonyl (C=O) groups excluding carboxylic acids is 1. The lowest BCUT2D eigenvalue weighted by Crippen LogP contribution is -2.27. The molecule has 1 heterocycles. The van der Waals surface area contributed by atoms with Gasteiger partial charge in [-0.2, -0.15) is 0 Å². The average Bonchev–Trinajstić information content (AvgIpc) is 2.64. The van der Waals surface area contributed by atoms with E-state index in [-0.39, 0.29) is 23.8 Å². The summed E-state index contributed by atoms with van der Waals surface area (Å²) < 4.78 is 19.3. The third-order valence-electron chi connectivity index (χ3n) is 3.69. The first-order valence-corrected chi connectivity index (χ1v) is 7.81. The van der Waals surface area contributed by atoms with Crippen molar-refractivity contribution in [1.82, 2.24) is 9.55 Å². The van der Waals surface area contributed by atoms with Crippen LogP contribution in [0.2, 0.25) is 0 Å². The van der Waals surface area contributed by atoms with Gasteiger partial charge in [-0.15, -0.1) is 0 Å². The fourth-order valence-electron chi connectivity index (χ4n) is 2.38. The van der Waals surface area contributed by atoms with Gasteiger partial charge in [0.1, 0.15) is 18.1 Å². The molecule has 0 radical (unpaired) electrons. The highest BCUT2D eigenvalue weighted by Gasteiger charge is 2.08. The maximum atomic E-state index is 13.0. The molecule has 0 bridgehead atoms. The third-order valence-corrected chi connectivity index (χ3v) is 3.69. The zero-order valence-electron chi connectivity index (χ0n) is 14.0. The summed E-state index contributed by atoms with van der Waals surface area (Å²) >= 11 is 0. The van der Waals surface area contributed by atoms with E-state index in [1.165, 1.54) is 48.3 Å².